The number of nitrogens with zero attached hydrogens (tertiary/aromatic N) is 2. The van der Waals surface area contributed by atoms with Crippen molar-refractivity contribution in [2.75, 3.05) is 6.54 Å². The molecule has 0 bridgehead atoms. The largest absolute Gasteiger partial charge is 0.416 e. The molecule has 0 heterocycles. The van der Waals surface area contributed by atoms with E-state index in [4.69, 9.17) is 11.6 Å². The van der Waals surface area contributed by atoms with Crippen molar-refractivity contribution in [3.8, 4) is 0 Å². The molecule has 0 radical (unpaired) electrons. The molecule has 40 heavy (non-hydrogen) atoms. The summed E-state index contributed by atoms with van der Waals surface area (Å²) in [5.74, 6) is -2.56. The van der Waals surface area contributed by atoms with Gasteiger partial charge in [0, 0.05) is 17.0 Å². The number of amides is 2. The molecule has 0 saturated carbocycles. The van der Waals surface area contributed by atoms with E-state index in [-0.39, 0.29) is 40.3 Å². The maximum Gasteiger partial charge on any atom is 0.416 e. The first-order valence-electron chi connectivity index (χ1n) is 12.2. The average molecular weight is 580 g/mol. The number of carbonyl (C=O) groups is 2. The van der Waals surface area contributed by atoms with Crippen molar-refractivity contribution in [2.24, 2.45) is 5.10 Å². The number of carbonyl (C=O) groups excluding carboxylic acids is 2. The lowest BCUT2D eigenvalue weighted by molar-refractivity contribution is -0.137. The summed E-state index contributed by atoms with van der Waals surface area (Å²) in [6.45, 7) is 3.85. The predicted octanol–water partition coefficient (Wildman–Crippen LogP) is 6.87. The van der Waals surface area contributed by atoms with Crippen LogP contribution in [0.4, 0.5) is 22.0 Å². The standard InChI is InChI=1S/C29H27ClF5N3O2/c1-18(23-13-12-22(30)16-25(23)32)37-38(27(40)14-11-19-7-4-5-10-24(19)31)17-26(39)36-28(2,3)20-8-6-9-21(15-20)29(33,34)35/h4-10,12-13,15-16H,11,14,17H2,1-3H3,(H,36,39)/b37-18+. The Morgan fingerprint density at radius 1 is 0.925 bits per heavy atom. The number of aryl methyl sites for hydroxylation is 1. The van der Waals surface area contributed by atoms with Crippen LogP contribution in [0.15, 0.2) is 71.8 Å². The first kappa shape index (κ1) is 30.7. The molecule has 3 rings (SSSR count). The minimum atomic E-state index is -4.57. The zero-order chi connectivity index (χ0) is 29.7. The summed E-state index contributed by atoms with van der Waals surface area (Å²) in [4.78, 5) is 26.2. The van der Waals surface area contributed by atoms with Crippen LogP contribution in [-0.2, 0) is 27.7 Å². The van der Waals surface area contributed by atoms with Gasteiger partial charge in [0.15, 0.2) is 0 Å². The molecule has 0 fully saturated rings. The quantitative estimate of drug-likeness (QED) is 0.171. The molecule has 3 aromatic carbocycles. The van der Waals surface area contributed by atoms with Gasteiger partial charge in [-0.05, 0) is 74.7 Å². The third kappa shape index (κ3) is 8.11. The van der Waals surface area contributed by atoms with E-state index in [0.29, 0.717) is 0 Å². The second kappa shape index (κ2) is 12.6. The van der Waals surface area contributed by atoms with Gasteiger partial charge in [-0.25, -0.2) is 13.8 Å². The Morgan fingerprint density at radius 3 is 2.25 bits per heavy atom. The minimum absolute atomic E-state index is 0.0171. The Morgan fingerprint density at radius 2 is 1.60 bits per heavy atom. The van der Waals surface area contributed by atoms with Gasteiger partial charge < -0.3 is 5.32 Å². The van der Waals surface area contributed by atoms with Gasteiger partial charge in [-0.1, -0.05) is 41.9 Å². The van der Waals surface area contributed by atoms with Gasteiger partial charge in [-0.2, -0.15) is 18.3 Å². The van der Waals surface area contributed by atoms with Crippen molar-refractivity contribution in [1.29, 1.82) is 0 Å². The third-order valence-electron chi connectivity index (χ3n) is 6.10. The molecule has 0 saturated heterocycles. The fraction of sp³-hybridized carbons (Fsp3) is 0.276. The Bertz CT molecular complexity index is 1420. The monoisotopic (exact) mass is 579 g/mol. The highest BCUT2D eigenvalue weighted by molar-refractivity contribution is 6.30. The number of hydrogen-bond donors (Lipinski definition) is 1. The number of hydrogen-bond acceptors (Lipinski definition) is 3. The zero-order valence-electron chi connectivity index (χ0n) is 22.0. The molecule has 212 valence electrons. The summed E-state index contributed by atoms with van der Waals surface area (Å²) in [5, 5.41) is 7.80. The predicted molar refractivity (Wildman–Crippen MR) is 143 cm³/mol. The fourth-order valence-electron chi connectivity index (χ4n) is 3.95. The maximum absolute atomic E-state index is 14.5. The molecule has 0 aromatic heterocycles. The van der Waals surface area contributed by atoms with Crippen molar-refractivity contribution in [1.82, 2.24) is 10.3 Å². The Hall–Kier alpha value is -3.79. The Kier molecular flexibility index (Phi) is 9.68. The summed E-state index contributed by atoms with van der Waals surface area (Å²) in [5.41, 5.74) is -1.53. The van der Waals surface area contributed by atoms with Crippen LogP contribution in [0.2, 0.25) is 5.02 Å². The molecule has 1 N–H and O–H groups in total. The molecule has 0 atom stereocenters. The van der Waals surface area contributed by atoms with Crippen LogP contribution in [0.5, 0.6) is 0 Å². The lowest BCUT2D eigenvalue weighted by Gasteiger charge is -2.29. The molecule has 0 aliphatic carbocycles. The van der Waals surface area contributed by atoms with Gasteiger partial charge in [0.1, 0.15) is 18.2 Å². The molecule has 0 aliphatic rings. The molecule has 11 heteroatoms. The summed E-state index contributed by atoms with van der Waals surface area (Å²) in [6.07, 6.45) is -4.77. The number of nitrogens with one attached hydrogen (secondary N) is 1. The number of rotatable bonds is 9. The number of hydrazone groups is 1. The van der Waals surface area contributed by atoms with Gasteiger partial charge in [0.05, 0.1) is 16.8 Å². The maximum atomic E-state index is 14.5. The van der Waals surface area contributed by atoms with E-state index in [9.17, 15) is 31.5 Å². The van der Waals surface area contributed by atoms with Gasteiger partial charge in [0.2, 0.25) is 11.8 Å². The minimum Gasteiger partial charge on any atom is -0.346 e. The van der Waals surface area contributed by atoms with E-state index in [0.717, 1.165) is 23.2 Å². The zero-order valence-corrected chi connectivity index (χ0v) is 22.7. The molecule has 3 aromatic rings. The van der Waals surface area contributed by atoms with Crippen LogP contribution in [-0.4, -0.2) is 29.1 Å². The van der Waals surface area contributed by atoms with E-state index in [2.05, 4.69) is 10.4 Å². The first-order chi connectivity index (χ1) is 18.7. The highest BCUT2D eigenvalue weighted by Crippen LogP contribution is 2.32. The van der Waals surface area contributed by atoms with Crippen molar-refractivity contribution in [3.05, 3.63) is 106 Å². The Balaban J connectivity index is 1.85. The first-order valence-corrected chi connectivity index (χ1v) is 12.6. The highest BCUT2D eigenvalue weighted by Gasteiger charge is 2.33. The van der Waals surface area contributed by atoms with Crippen LogP contribution in [0.1, 0.15) is 49.4 Å². The third-order valence-corrected chi connectivity index (χ3v) is 6.34. The highest BCUT2D eigenvalue weighted by atomic mass is 35.5. The lowest BCUT2D eigenvalue weighted by Crippen LogP contribution is -2.46. The molecular weight excluding hydrogens is 553 g/mol. The number of halogens is 6. The van der Waals surface area contributed by atoms with Crippen LogP contribution in [0.25, 0.3) is 0 Å². The van der Waals surface area contributed by atoms with Crippen molar-refractivity contribution in [2.45, 2.75) is 45.3 Å². The van der Waals surface area contributed by atoms with E-state index in [1.165, 1.54) is 63.2 Å². The summed E-state index contributed by atoms with van der Waals surface area (Å²) in [6, 6.07) is 14.3. The number of alkyl halides is 3. The molecular formula is C29H27ClF5N3O2. The van der Waals surface area contributed by atoms with Crippen LogP contribution < -0.4 is 5.32 Å². The van der Waals surface area contributed by atoms with Crippen LogP contribution >= 0.6 is 11.6 Å². The van der Waals surface area contributed by atoms with E-state index in [1.807, 2.05) is 0 Å². The van der Waals surface area contributed by atoms with E-state index in [1.54, 1.807) is 6.07 Å². The van der Waals surface area contributed by atoms with E-state index >= 15 is 0 Å². The average Bonchev–Trinajstić information content (AvgIpc) is 2.86. The summed E-state index contributed by atoms with van der Waals surface area (Å²) < 4.78 is 68.2. The van der Waals surface area contributed by atoms with Crippen LogP contribution in [0.3, 0.4) is 0 Å². The molecule has 0 unspecified atom stereocenters. The van der Waals surface area contributed by atoms with Crippen molar-refractivity contribution in [3.63, 3.8) is 0 Å². The Labute approximate surface area is 233 Å². The second-order valence-corrected chi connectivity index (χ2v) is 10.0. The van der Waals surface area contributed by atoms with Gasteiger partial charge in [0.25, 0.3) is 0 Å². The molecule has 5 nitrogen and oxygen atoms in total. The lowest BCUT2D eigenvalue weighted by atomic mass is 9.92. The number of benzene rings is 3. The summed E-state index contributed by atoms with van der Waals surface area (Å²) >= 11 is 5.82. The second-order valence-electron chi connectivity index (χ2n) is 9.60. The van der Waals surface area contributed by atoms with Crippen LogP contribution in [0, 0.1) is 11.6 Å². The van der Waals surface area contributed by atoms with Crippen molar-refractivity contribution < 1.29 is 31.5 Å². The van der Waals surface area contributed by atoms with Crippen molar-refractivity contribution >= 4 is 29.1 Å². The smallest absolute Gasteiger partial charge is 0.346 e. The van der Waals surface area contributed by atoms with E-state index < -0.39 is 47.3 Å². The summed E-state index contributed by atoms with van der Waals surface area (Å²) in [7, 11) is 0. The SMILES string of the molecule is C/C(=N\N(CC(=O)NC(C)(C)c1cccc(C(F)(F)F)c1)C(=O)CCc1ccccc1F)c1ccc(Cl)cc1F. The van der Waals surface area contributed by atoms with Gasteiger partial charge in [-0.15, -0.1) is 0 Å². The normalized spacial score (nSPS) is 12.3. The van der Waals surface area contributed by atoms with Gasteiger partial charge >= 0.3 is 6.18 Å². The fourth-order valence-corrected chi connectivity index (χ4v) is 4.11. The molecule has 2 amide bonds. The molecule has 0 spiro atoms. The van der Waals surface area contributed by atoms with Gasteiger partial charge in [-0.3, -0.25) is 9.59 Å². The molecule has 0 aliphatic heterocycles. The topological polar surface area (TPSA) is 61.8 Å².